The summed E-state index contributed by atoms with van der Waals surface area (Å²) in [4.78, 5) is 11.9. The van der Waals surface area contributed by atoms with Crippen molar-refractivity contribution in [1.29, 1.82) is 0 Å². The fraction of sp³-hybridized carbons (Fsp3) is 0.222. The van der Waals surface area contributed by atoms with Crippen LogP contribution in [0.5, 0.6) is 17.2 Å². The fourth-order valence-corrected chi connectivity index (χ4v) is 1.92. The Hall–Kier alpha value is -3.02. The molecule has 0 bridgehead atoms. The van der Waals surface area contributed by atoms with Crippen LogP contribution in [0.2, 0.25) is 0 Å². The van der Waals surface area contributed by atoms with Gasteiger partial charge in [-0.1, -0.05) is 13.3 Å². The highest BCUT2D eigenvalue weighted by atomic mass is 16.5. The number of aromatic hydroxyl groups is 2. The van der Waals surface area contributed by atoms with Gasteiger partial charge in [0.05, 0.1) is 18.4 Å². The van der Waals surface area contributed by atoms with E-state index in [2.05, 4.69) is 17.5 Å². The minimum absolute atomic E-state index is 0.0321. The zero-order valence-electron chi connectivity index (χ0n) is 13.4. The minimum Gasteiger partial charge on any atom is -0.508 e. The van der Waals surface area contributed by atoms with Gasteiger partial charge in [0.25, 0.3) is 5.91 Å². The Morgan fingerprint density at radius 2 is 1.96 bits per heavy atom. The summed E-state index contributed by atoms with van der Waals surface area (Å²) in [6.07, 6.45) is 3.59. The average Bonchev–Trinajstić information content (AvgIpc) is 2.56. The molecule has 0 heterocycles. The smallest absolute Gasteiger partial charge is 0.275 e. The van der Waals surface area contributed by atoms with Crippen LogP contribution < -0.4 is 10.2 Å². The van der Waals surface area contributed by atoms with Gasteiger partial charge in [0.15, 0.2) is 0 Å². The Morgan fingerprint density at radius 3 is 2.62 bits per heavy atom. The maximum atomic E-state index is 11.9. The standard InChI is InChI=1S/C18H20N2O4/c1-2-3-10-24-15-7-4-13(5-8-15)12-19-20-18(23)16-9-6-14(21)11-17(16)22/h4-9,11-12,21-22H,2-3,10H2,1H3,(H,20,23). The number of nitrogens with zero attached hydrogens (tertiary/aromatic N) is 1. The monoisotopic (exact) mass is 328 g/mol. The first-order chi connectivity index (χ1) is 11.6. The number of phenols is 2. The normalized spacial score (nSPS) is 10.7. The van der Waals surface area contributed by atoms with Crippen molar-refractivity contribution < 1.29 is 19.7 Å². The zero-order chi connectivity index (χ0) is 17.4. The average molecular weight is 328 g/mol. The van der Waals surface area contributed by atoms with Gasteiger partial charge in [-0.2, -0.15) is 5.10 Å². The summed E-state index contributed by atoms with van der Waals surface area (Å²) in [7, 11) is 0. The van der Waals surface area contributed by atoms with Crippen LogP contribution in [0.25, 0.3) is 0 Å². The molecule has 0 aliphatic carbocycles. The van der Waals surface area contributed by atoms with E-state index in [1.165, 1.54) is 18.3 Å². The first kappa shape index (κ1) is 17.3. The molecule has 6 nitrogen and oxygen atoms in total. The van der Waals surface area contributed by atoms with Gasteiger partial charge < -0.3 is 14.9 Å². The molecule has 0 fully saturated rings. The van der Waals surface area contributed by atoms with E-state index in [0.29, 0.717) is 6.61 Å². The summed E-state index contributed by atoms with van der Waals surface area (Å²) in [6, 6.07) is 11.1. The van der Waals surface area contributed by atoms with Crippen molar-refractivity contribution in [3.8, 4) is 17.2 Å². The second-order valence-electron chi connectivity index (χ2n) is 5.17. The van der Waals surface area contributed by atoms with Crippen LogP contribution in [0.4, 0.5) is 0 Å². The molecule has 1 amide bonds. The molecule has 0 atom stereocenters. The third kappa shape index (κ3) is 5.01. The number of amides is 1. The van der Waals surface area contributed by atoms with Crippen molar-refractivity contribution in [3.63, 3.8) is 0 Å². The van der Waals surface area contributed by atoms with Gasteiger partial charge in [-0.25, -0.2) is 5.43 Å². The van der Waals surface area contributed by atoms with Gasteiger partial charge in [-0.3, -0.25) is 4.79 Å². The Bertz CT molecular complexity index is 711. The second kappa shape index (κ2) is 8.57. The number of nitrogens with one attached hydrogen (secondary N) is 1. The van der Waals surface area contributed by atoms with Gasteiger partial charge >= 0.3 is 0 Å². The molecule has 0 unspecified atom stereocenters. The highest BCUT2D eigenvalue weighted by Crippen LogP contribution is 2.22. The van der Waals surface area contributed by atoms with Crippen molar-refractivity contribution >= 4 is 12.1 Å². The highest BCUT2D eigenvalue weighted by Gasteiger charge is 2.10. The molecular formula is C18H20N2O4. The topological polar surface area (TPSA) is 91.2 Å². The van der Waals surface area contributed by atoms with E-state index in [9.17, 15) is 15.0 Å². The van der Waals surface area contributed by atoms with Crippen molar-refractivity contribution in [2.24, 2.45) is 5.10 Å². The van der Waals surface area contributed by atoms with Crippen LogP contribution in [0.15, 0.2) is 47.6 Å². The van der Waals surface area contributed by atoms with Gasteiger partial charge in [0, 0.05) is 6.07 Å². The third-order valence-electron chi connectivity index (χ3n) is 3.25. The summed E-state index contributed by atoms with van der Waals surface area (Å²) in [5.74, 6) is -0.202. The van der Waals surface area contributed by atoms with E-state index in [-0.39, 0.29) is 17.1 Å². The molecule has 2 rings (SSSR count). The van der Waals surface area contributed by atoms with Crippen LogP contribution in [-0.4, -0.2) is 28.9 Å². The molecule has 0 aliphatic heterocycles. The number of carbonyl (C=O) groups excluding carboxylic acids is 1. The van der Waals surface area contributed by atoms with Crippen LogP contribution in [0, 0.1) is 0 Å². The summed E-state index contributed by atoms with van der Waals surface area (Å²) in [6.45, 7) is 2.80. The number of rotatable bonds is 7. The summed E-state index contributed by atoms with van der Waals surface area (Å²) in [5.41, 5.74) is 3.15. The number of ether oxygens (including phenoxy) is 1. The number of carbonyl (C=O) groups is 1. The molecule has 126 valence electrons. The van der Waals surface area contributed by atoms with Crippen molar-refractivity contribution in [2.75, 3.05) is 6.61 Å². The zero-order valence-corrected chi connectivity index (χ0v) is 13.4. The first-order valence-electron chi connectivity index (χ1n) is 7.68. The predicted octanol–water partition coefficient (Wildman–Crippen LogP) is 3.04. The molecular weight excluding hydrogens is 308 g/mol. The van der Waals surface area contributed by atoms with E-state index in [4.69, 9.17) is 4.74 Å². The molecule has 0 saturated heterocycles. The van der Waals surface area contributed by atoms with Crippen LogP contribution in [0.1, 0.15) is 35.7 Å². The predicted molar refractivity (Wildman–Crippen MR) is 91.7 cm³/mol. The molecule has 6 heteroatoms. The molecule has 24 heavy (non-hydrogen) atoms. The highest BCUT2D eigenvalue weighted by molar-refractivity contribution is 5.97. The second-order valence-corrected chi connectivity index (χ2v) is 5.17. The van der Waals surface area contributed by atoms with Gasteiger partial charge in [0.1, 0.15) is 17.2 Å². The molecule has 0 aliphatic rings. The maximum absolute atomic E-state index is 11.9. The lowest BCUT2D eigenvalue weighted by Crippen LogP contribution is -2.17. The van der Waals surface area contributed by atoms with Gasteiger partial charge in [0.2, 0.25) is 0 Å². The molecule has 2 aromatic rings. The molecule has 0 saturated carbocycles. The SMILES string of the molecule is CCCCOc1ccc(C=NNC(=O)c2ccc(O)cc2O)cc1. The quantitative estimate of drug-likeness (QED) is 0.414. The summed E-state index contributed by atoms with van der Waals surface area (Å²) >= 11 is 0. The summed E-state index contributed by atoms with van der Waals surface area (Å²) < 4.78 is 5.56. The number of unbranched alkanes of at least 4 members (excludes halogenated alkanes) is 1. The van der Waals surface area contributed by atoms with Gasteiger partial charge in [-0.05, 0) is 48.4 Å². The lowest BCUT2D eigenvalue weighted by atomic mass is 10.2. The molecule has 0 spiro atoms. The number of hydrogen-bond acceptors (Lipinski definition) is 5. The van der Waals surface area contributed by atoms with Crippen molar-refractivity contribution in [3.05, 3.63) is 53.6 Å². The van der Waals surface area contributed by atoms with E-state index < -0.39 is 5.91 Å². The molecule has 2 aromatic carbocycles. The van der Waals surface area contributed by atoms with E-state index in [1.54, 1.807) is 0 Å². The van der Waals surface area contributed by atoms with E-state index in [1.807, 2.05) is 24.3 Å². The van der Waals surface area contributed by atoms with Crippen molar-refractivity contribution in [1.82, 2.24) is 5.43 Å². The maximum Gasteiger partial charge on any atom is 0.275 e. The number of benzene rings is 2. The minimum atomic E-state index is -0.566. The summed E-state index contributed by atoms with van der Waals surface area (Å²) in [5, 5.41) is 22.7. The Morgan fingerprint density at radius 1 is 1.21 bits per heavy atom. The Kier molecular flexibility index (Phi) is 6.19. The first-order valence-corrected chi connectivity index (χ1v) is 7.68. The van der Waals surface area contributed by atoms with Crippen molar-refractivity contribution in [2.45, 2.75) is 19.8 Å². The number of hydrogen-bond donors (Lipinski definition) is 3. The van der Waals surface area contributed by atoms with Crippen LogP contribution >= 0.6 is 0 Å². The van der Waals surface area contributed by atoms with Crippen LogP contribution in [-0.2, 0) is 0 Å². The lowest BCUT2D eigenvalue weighted by molar-refractivity contribution is 0.0952. The largest absolute Gasteiger partial charge is 0.508 e. The van der Waals surface area contributed by atoms with Gasteiger partial charge in [-0.15, -0.1) is 0 Å². The van der Waals surface area contributed by atoms with E-state index >= 15 is 0 Å². The number of hydrazone groups is 1. The lowest BCUT2D eigenvalue weighted by Gasteiger charge is -2.05. The third-order valence-corrected chi connectivity index (χ3v) is 3.25. The van der Waals surface area contributed by atoms with E-state index in [0.717, 1.165) is 30.2 Å². The number of phenolic OH excluding ortho intramolecular Hbond substituents is 2. The molecule has 0 aromatic heterocycles. The molecule has 3 N–H and O–H groups in total. The Balaban J connectivity index is 1.90. The molecule has 0 radical (unpaired) electrons. The Labute approximate surface area is 140 Å². The van der Waals surface area contributed by atoms with Crippen LogP contribution in [0.3, 0.4) is 0 Å². The fourth-order valence-electron chi connectivity index (χ4n) is 1.92.